The molecule has 0 bridgehead atoms. The third-order valence-corrected chi connectivity index (χ3v) is 3.84. The fraction of sp³-hybridized carbons (Fsp3) is 0.533. The van der Waals surface area contributed by atoms with Gasteiger partial charge >= 0.3 is 0 Å². The minimum absolute atomic E-state index is 0.109. The molecular weight excluding hydrogens is 262 g/mol. The van der Waals surface area contributed by atoms with Gasteiger partial charge < -0.3 is 10.1 Å². The SMILES string of the molecule is CCOc1cccc(C(Cl)C(=O)NC2CCCC2)c1. The number of hydrogen-bond donors (Lipinski definition) is 1. The lowest BCUT2D eigenvalue weighted by Gasteiger charge is -2.16. The quantitative estimate of drug-likeness (QED) is 0.840. The second kappa shape index (κ2) is 6.80. The molecule has 104 valence electrons. The van der Waals surface area contributed by atoms with E-state index in [9.17, 15) is 4.79 Å². The summed E-state index contributed by atoms with van der Waals surface area (Å²) in [6, 6.07) is 7.71. The highest BCUT2D eigenvalue weighted by molar-refractivity contribution is 6.30. The molecule has 1 aromatic carbocycles. The molecule has 0 aliphatic heterocycles. The van der Waals surface area contributed by atoms with Gasteiger partial charge in [0.15, 0.2) is 0 Å². The molecule has 19 heavy (non-hydrogen) atoms. The zero-order valence-electron chi connectivity index (χ0n) is 11.2. The highest BCUT2D eigenvalue weighted by Crippen LogP contribution is 2.26. The van der Waals surface area contributed by atoms with E-state index in [1.807, 2.05) is 31.2 Å². The van der Waals surface area contributed by atoms with E-state index in [1.165, 1.54) is 12.8 Å². The Morgan fingerprint density at radius 3 is 2.89 bits per heavy atom. The monoisotopic (exact) mass is 281 g/mol. The van der Waals surface area contributed by atoms with Crippen LogP contribution in [-0.2, 0) is 4.79 Å². The van der Waals surface area contributed by atoms with Gasteiger partial charge in [-0.15, -0.1) is 11.6 Å². The van der Waals surface area contributed by atoms with E-state index in [0.717, 1.165) is 24.2 Å². The van der Waals surface area contributed by atoms with E-state index in [-0.39, 0.29) is 5.91 Å². The summed E-state index contributed by atoms with van der Waals surface area (Å²) in [6.45, 7) is 2.53. The second-order valence-corrected chi connectivity index (χ2v) is 5.29. The molecule has 0 aromatic heterocycles. The van der Waals surface area contributed by atoms with Gasteiger partial charge in [0.05, 0.1) is 6.61 Å². The number of carbonyl (C=O) groups excluding carboxylic acids is 1. The molecule has 1 atom stereocenters. The lowest BCUT2D eigenvalue weighted by atomic mass is 10.1. The first kappa shape index (κ1) is 14.2. The standard InChI is InChI=1S/C15H20ClNO2/c1-2-19-13-9-5-6-11(10-13)14(16)15(18)17-12-7-3-4-8-12/h5-6,9-10,12,14H,2-4,7-8H2,1H3,(H,17,18). The molecule has 1 aromatic rings. The van der Waals surface area contributed by atoms with E-state index in [1.54, 1.807) is 0 Å². The van der Waals surface area contributed by atoms with E-state index < -0.39 is 5.38 Å². The summed E-state index contributed by atoms with van der Waals surface area (Å²) in [6.07, 6.45) is 4.51. The van der Waals surface area contributed by atoms with Crippen LogP contribution in [0.1, 0.15) is 43.5 Å². The van der Waals surface area contributed by atoms with Crippen molar-refractivity contribution in [2.24, 2.45) is 0 Å². The molecule has 2 rings (SSSR count). The predicted octanol–water partition coefficient (Wildman–Crippen LogP) is 3.42. The molecule has 1 aliphatic carbocycles. The minimum atomic E-state index is -0.652. The number of carbonyl (C=O) groups is 1. The number of hydrogen-bond acceptors (Lipinski definition) is 2. The Morgan fingerprint density at radius 2 is 2.21 bits per heavy atom. The van der Waals surface area contributed by atoms with E-state index >= 15 is 0 Å². The summed E-state index contributed by atoms with van der Waals surface area (Å²) in [4.78, 5) is 12.1. The van der Waals surface area contributed by atoms with Crippen LogP contribution in [0.2, 0.25) is 0 Å². The van der Waals surface area contributed by atoms with Gasteiger partial charge in [-0.1, -0.05) is 25.0 Å². The van der Waals surface area contributed by atoms with Gasteiger partial charge in [-0.2, -0.15) is 0 Å². The summed E-state index contributed by atoms with van der Waals surface area (Å²) in [5, 5.41) is 2.37. The van der Waals surface area contributed by atoms with Crippen LogP contribution in [0.3, 0.4) is 0 Å². The van der Waals surface area contributed by atoms with Gasteiger partial charge in [0.25, 0.3) is 0 Å². The number of alkyl halides is 1. The number of halogens is 1. The summed E-state index contributed by atoms with van der Waals surface area (Å²) in [5.74, 6) is 0.640. The van der Waals surface area contributed by atoms with Crippen LogP contribution in [0.15, 0.2) is 24.3 Å². The van der Waals surface area contributed by atoms with Crippen molar-refractivity contribution in [1.82, 2.24) is 5.32 Å². The topological polar surface area (TPSA) is 38.3 Å². The zero-order chi connectivity index (χ0) is 13.7. The Morgan fingerprint density at radius 1 is 1.47 bits per heavy atom. The van der Waals surface area contributed by atoms with Crippen molar-refractivity contribution < 1.29 is 9.53 Å². The molecule has 3 nitrogen and oxygen atoms in total. The number of benzene rings is 1. The van der Waals surface area contributed by atoms with Crippen LogP contribution < -0.4 is 10.1 Å². The minimum Gasteiger partial charge on any atom is -0.494 e. The molecule has 4 heteroatoms. The molecular formula is C15H20ClNO2. The Kier molecular flexibility index (Phi) is 5.08. The normalized spacial score (nSPS) is 17.2. The highest BCUT2D eigenvalue weighted by Gasteiger charge is 2.23. The lowest BCUT2D eigenvalue weighted by Crippen LogP contribution is -2.34. The van der Waals surface area contributed by atoms with E-state index in [0.29, 0.717) is 12.6 Å². The first-order valence-corrected chi connectivity index (χ1v) is 7.31. The Hall–Kier alpha value is -1.22. The fourth-order valence-electron chi connectivity index (χ4n) is 2.42. The maximum atomic E-state index is 12.1. The maximum absolute atomic E-state index is 12.1. The summed E-state index contributed by atoms with van der Waals surface area (Å²) in [7, 11) is 0. The van der Waals surface area contributed by atoms with Crippen molar-refractivity contribution in [3.63, 3.8) is 0 Å². The van der Waals surface area contributed by atoms with Gasteiger partial charge in [0, 0.05) is 6.04 Å². The smallest absolute Gasteiger partial charge is 0.242 e. The molecule has 0 radical (unpaired) electrons. The van der Waals surface area contributed by atoms with Gasteiger partial charge in [0.2, 0.25) is 5.91 Å². The Labute approximate surface area is 119 Å². The molecule has 0 spiro atoms. The molecule has 1 fully saturated rings. The first-order valence-electron chi connectivity index (χ1n) is 6.88. The Bertz CT molecular complexity index is 430. The van der Waals surface area contributed by atoms with Crippen molar-refractivity contribution in [2.75, 3.05) is 6.61 Å². The molecule has 1 saturated carbocycles. The second-order valence-electron chi connectivity index (χ2n) is 4.86. The third kappa shape index (κ3) is 3.87. The Balaban J connectivity index is 1.99. The predicted molar refractivity (Wildman–Crippen MR) is 76.6 cm³/mol. The van der Waals surface area contributed by atoms with Crippen molar-refractivity contribution in [3.8, 4) is 5.75 Å². The van der Waals surface area contributed by atoms with Crippen molar-refractivity contribution >= 4 is 17.5 Å². The summed E-state index contributed by atoms with van der Waals surface area (Å²) < 4.78 is 5.42. The van der Waals surface area contributed by atoms with Gasteiger partial charge in [0.1, 0.15) is 11.1 Å². The third-order valence-electron chi connectivity index (χ3n) is 3.39. The average molecular weight is 282 g/mol. The molecule has 1 aliphatic rings. The maximum Gasteiger partial charge on any atom is 0.242 e. The number of ether oxygens (including phenoxy) is 1. The van der Waals surface area contributed by atoms with Crippen LogP contribution in [0, 0.1) is 0 Å². The highest BCUT2D eigenvalue weighted by atomic mass is 35.5. The zero-order valence-corrected chi connectivity index (χ0v) is 12.0. The largest absolute Gasteiger partial charge is 0.494 e. The van der Waals surface area contributed by atoms with E-state index in [2.05, 4.69) is 5.32 Å². The lowest BCUT2D eigenvalue weighted by molar-refractivity contribution is -0.121. The molecule has 0 saturated heterocycles. The van der Waals surface area contributed by atoms with Gasteiger partial charge in [-0.05, 0) is 37.5 Å². The van der Waals surface area contributed by atoms with Crippen LogP contribution in [0.4, 0.5) is 0 Å². The van der Waals surface area contributed by atoms with Crippen LogP contribution in [0.25, 0.3) is 0 Å². The molecule has 0 heterocycles. The number of nitrogens with one attached hydrogen (secondary N) is 1. The summed E-state index contributed by atoms with van der Waals surface area (Å²) in [5.41, 5.74) is 0.781. The van der Waals surface area contributed by atoms with Crippen molar-refractivity contribution in [3.05, 3.63) is 29.8 Å². The number of rotatable bonds is 5. The molecule has 1 N–H and O–H groups in total. The summed E-state index contributed by atoms with van der Waals surface area (Å²) >= 11 is 6.24. The fourth-order valence-corrected chi connectivity index (χ4v) is 2.62. The average Bonchev–Trinajstić information content (AvgIpc) is 2.91. The van der Waals surface area contributed by atoms with Crippen molar-refractivity contribution in [1.29, 1.82) is 0 Å². The first-order chi connectivity index (χ1) is 9.20. The van der Waals surface area contributed by atoms with E-state index in [4.69, 9.17) is 16.3 Å². The van der Waals surface area contributed by atoms with Crippen LogP contribution in [0.5, 0.6) is 5.75 Å². The van der Waals surface area contributed by atoms with Gasteiger partial charge in [-0.25, -0.2) is 0 Å². The van der Waals surface area contributed by atoms with Crippen molar-refractivity contribution in [2.45, 2.75) is 44.0 Å². The van der Waals surface area contributed by atoms with Crippen LogP contribution >= 0.6 is 11.6 Å². The molecule has 1 unspecified atom stereocenters. The van der Waals surface area contributed by atoms with Gasteiger partial charge in [-0.3, -0.25) is 4.79 Å². The number of amides is 1. The van der Waals surface area contributed by atoms with Crippen LogP contribution in [-0.4, -0.2) is 18.6 Å². The molecule has 1 amide bonds.